The van der Waals surface area contributed by atoms with E-state index in [1.807, 2.05) is 0 Å². The van der Waals surface area contributed by atoms with E-state index in [0.29, 0.717) is 37.6 Å². The molecule has 0 spiro atoms. The van der Waals surface area contributed by atoms with Crippen LogP contribution in [0.2, 0.25) is 0 Å². The number of hydrogen-bond donors (Lipinski definition) is 0. The van der Waals surface area contributed by atoms with E-state index in [2.05, 4.69) is 4.98 Å². The van der Waals surface area contributed by atoms with Gasteiger partial charge in [0.1, 0.15) is 0 Å². The van der Waals surface area contributed by atoms with Crippen LogP contribution in [0.3, 0.4) is 0 Å². The number of hydrogen-bond acceptors (Lipinski definition) is 4. The molecule has 112 valence electrons. The molecule has 2 heterocycles. The summed E-state index contributed by atoms with van der Waals surface area (Å²) in [4.78, 5) is 5.90. The molecule has 0 radical (unpaired) electrons. The van der Waals surface area contributed by atoms with Crippen molar-refractivity contribution in [3.8, 4) is 11.3 Å². The van der Waals surface area contributed by atoms with Crippen LogP contribution in [-0.2, 0) is 10.9 Å². The Labute approximate surface area is 124 Å². The largest absolute Gasteiger partial charge is 0.418 e. The minimum Gasteiger partial charge on any atom is -0.378 e. The van der Waals surface area contributed by atoms with Gasteiger partial charge in [-0.25, -0.2) is 4.98 Å². The average molecular weight is 314 g/mol. The highest BCUT2D eigenvalue weighted by Crippen LogP contribution is 2.42. The second kappa shape index (κ2) is 5.65. The first-order chi connectivity index (χ1) is 10.1. The monoisotopic (exact) mass is 314 g/mol. The third-order valence-corrected chi connectivity index (χ3v) is 3.96. The van der Waals surface area contributed by atoms with Crippen molar-refractivity contribution in [2.45, 2.75) is 6.18 Å². The van der Waals surface area contributed by atoms with Gasteiger partial charge in [-0.2, -0.15) is 13.2 Å². The first kappa shape index (κ1) is 14.3. The highest BCUT2D eigenvalue weighted by molar-refractivity contribution is 7.07. The van der Waals surface area contributed by atoms with Gasteiger partial charge in [0.15, 0.2) is 0 Å². The molecule has 0 bridgehead atoms. The molecule has 0 unspecified atom stereocenters. The summed E-state index contributed by atoms with van der Waals surface area (Å²) in [5, 5.41) is 1.76. The van der Waals surface area contributed by atoms with Crippen LogP contribution < -0.4 is 4.90 Å². The normalized spacial score (nSPS) is 16.2. The Morgan fingerprint density at radius 1 is 1.19 bits per heavy atom. The van der Waals surface area contributed by atoms with E-state index in [1.165, 1.54) is 17.4 Å². The number of aromatic nitrogens is 1. The first-order valence-electron chi connectivity index (χ1n) is 6.49. The molecule has 0 amide bonds. The predicted molar refractivity (Wildman–Crippen MR) is 75.6 cm³/mol. The summed E-state index contributed by atoms with van der Waals surface area (Å²) >= 11 is 1.37. The fourth-order valence-electron chi connectivity index (χ4n) is 2.45. The summed E-state index contributed by atoms with van der Waals surface area (Å²) in [5.41, 5.74) is 2.31. The molecule has 0 N–H and O–H groups in total. The fourth-order valence-corrected chi connectivity index (χ4v) is 3.00. The molecular formula is C14H13F3N2OS. The van der Waals surface area contributed by atoms with Crippen LogP contribution >= 0.6 is 11.3 Å². The summed E-state index contributed by atoms with van der Waals surface area (Å²) in [6.45, 7) is 1.76. The van der Waals surface area contributed by atoms with E-state index in [1.54, 1.807) is 21.9 Å². The summed E-state index contributed by atoms with van der Waals surface area (Å²) < 4.78 is 45.3. The van der Waals surface area contributed by atoms with E-state index in [0.717, 1.165) is 6.07 Å². The molecule has 1 aromatic heterocycles. The SMILES string of the molecule is FC(F)(F)c1cccc(-c2cscn2)c1N1CCOCC1. The number of para-hydroxylation sites is 1. The maximum absolute atomic E-state index is 13.3. The van der Waals surface area contributed by atoms with Crippen molar-refractivity contribution in [1.29, 1.82) is 0 Å². The lowest BCUT2D eigenvalue weighted by atomic mass is 10.0. The van der Waals surface area contributed by atoms with Crippen molar-refractivity contribution in [2.75, 3.05) is 31.2 Å². The van der Waals surface area contributed by atoms with Gasteiger partial charge < -0.3 is 9.64 Å². The summed E-state index contributed by atoms with van der Waals surface area (Å²) in [7, 11) is 0. The number of nitrogens with zero attached hydrogens (tertiary/aromatic N) is 2. The number of benzene rings is 1. The molecule has 3 rings (SSSR count). The smallest absolute Gasteiger partial charge is 0.378 e. The molecule has 1 aliphatic heterocycles. The first-order valence-corrected chi connectivity index (χ1v) is 7.43. The highest BCUT2D eigenvalue weighted by atomic mass is 32.1. The Hall–Kier alpha value is -1.60. The Balaban J connectivity index is 2.15. The van der Waals surface area contributed by atoms with Crippen molar-refractivity contribution in [2.24, 2.45) is 0 Å². The zero-order valence-corrected chi connectivity index (χ0v) is 11.9. The molecule has 1 aliphatic rings. The quantitative estimate of drug-likeness (QED) is 0.846. The predicted octanol–water partition coefficient (Wildman–Crippen LogP) is 3.67. The van der Waals surface area contributed by atoms with Crippen LogP contribution in [0.1, 0.15) is 5.56 Å². The fraction of sp³-hybridized carbons (Fsp3) is 0.357. The van der Waals surface area contributed by atoms with Gasteiger partial charge in [-0.3, -0.25) is 0 Å². The van der Waals surface area contributed by atoms with E-state index in [9.17, 15) is 13.2 Å². The van der Waals surface area contributed by atoms with Crippen LogP contribution in [0.25, 0.3) is 11.3 Å². The molecule has 0 aliphatic carbocycles. The molecule has 21 heavy (non-hydrogen) atoms. The highest BCUT2D eigenvalue weighted by Gasteiger charge is 2.36. The van der Waals surface area contributed by atoms with Gasteiger partial charge in [0, 0.05) is 24.0 Å². The standard InChI is InChI=1S/C14H13F3N2OS/c15-14(16,17)11-3-1-2-10(12-8-21-9-18-12)13(11)19-4-6-20-7-5-19/h1-3,8-9H,4-7H2. The molecule has 0 atom stereocenters. The van der Waals surface area contributed by atoms with Gasteiger partial charge in [-0.05, 0) is 6.07 Å². The van der Waals surface area contributed by atoms with Crippen molar-refractivity contribution in [3.63, 3.8) is 0 Å². The second-order valence-electron chi connectivity index (χ2n) is 4.67. The molecule has 0 saturated carbocycles. The molecule has 2 aromatic rings. The van der Waals surface area contributed by atoms with Gasteiger partial charge in [-0.1, -0.05) is 12.1 Å². The Morgan fingerprint density at radius 2 is 1.95 bits per heavy atom. The van der Waals surface area contributed by atoms with Crippen LogP contribution in [0.15, 0.2) is 29.1 Å². The molecule has 7 heteroatoms. The van der Waals surface area contributed by atoms with Crippen molar-refractivity contribution >= 4 is 17.0 Å². The number of thiazole rings is 1. The number of morpholine rings is 1. The zero-order chi connectivity index (χ0) is 14.9. The van der Waals surface area contributed by atoms with E-state index >= 15 is 0 Å². The number of alkyl halides is 3. The lowest BCUT2D eigenvalue weighted by molar-refractivity contribution is -0.137. The van der Waals surface area contributed by atoms with Gasteiger partial charge in [0.25, 0.3) is 0 Å². The van der Waals surface area contributed by atoms with Crippen LogP contribution in [-0.4, -0.2) is 31.3 Å². The number of rotatable bonds is 2. The minimum absolute atomic E-state index is 0.208. The zero-order valence-electron chi connectivity index (χ0n) is 11.1. The average Bonchev–Trinajstić information content (AvgIpc) is 3.00. The van der Waals surface area contributed by atoms with Crippen LogP contribution in [0.5, 0.6) is 0 Å². The van der Waals surface area contributed by atoms with E-state index in [4.69, 9.17) is 4.74 Å². The minimum atomic E-state index is -4.39. The second-order valence-corrected chi connectivity index (χ2v) is 5.39. The van der Waals surface area contributed by atoms with E-state index < -0.39 is 11.7 Å². The molecule has 3 nitrogen and oxygen atoms in total. The number of ether oxygens (including phenoxy) is 1. The van der Waals surface area contributed by atoms with Crippen LogP contribution in [0.4, 0.5) is 18.9 Å². The maximum Gasteiger partial charge on any atom is 0.418 e. The molecule has 1 fully saturated rings. The maximum atomic E-state index is 13.3. The Morgan fingerprint density at radius 3 is 2.57 bits per heavy atom. The van der Waals surface area contributed by atoms with E-state index in [-0.39, 0.29) is 5.69 Å². The third-order valence-electron chi connectivity index (χ3n) is 3.38. The molecule has 1 saturated heterocycles. The van der Waals surface area contributed by atoms with Crippen molar-refractivity contribution < 1.29 is 17.9 Å². The summed E-state index contributed by atoms with van der Waals surface area (Å²) in [6, 6.07) is 4.25. The summed E-state index contributed by atoms with van der Waals surface area (Å²) in [6.07, 6.45) is -4.39. The molecule has 1 aromatic carbocycles. The van der Waals surface area contributed by atoms with Crippen molar-refractivity contribution in [1.82, 2.24) is 4.98 Å². The van der Waals surface area contributed by atoms with Crippen LogP contribution in [0, 0.1) is 0 Å². The topological polar surface area (TPSA) is 25.4 Å². The van der Waals surface area contributed by atoms with Gasteiger partial charge in [-0.15, -0.1) is 11.3 Å². The molecular weight excluding hydrogens is 301 g/mol. The Kier molecular flexibility index (Phi) is 3.86. The van der Waals surface area contributed by atoms with Gasteiger partial charge in [0.2, 0.25) is 0 Å². The Bertz CT molecular complexity index is 607. The lowest BCUT2D eigenvalue weighted by Crippen LogP contribution is -2.37. The number of anilines is 1. The van der Waals surface area contributed by atoms with Gasteiger partial charge in [0.05, 0.1) is 35.7 Å². The lowest BCUT2D eigenvalue weighted by Gasteiger charge is -2.32. The van der Waals surface area contributed by atoms with Crippen molar-refractivity contribution in [3.05, 3.63) is 34.7 Å². The summed E-state index contributed by atoms with van der Waals surface area (Å²) in [5.74, 6) is 0. The van der Waals surface area contributed by atoms with Gasteiger partial charge >= 0.3 is 6.18 Å². The number of halogens is 3. The third kappa shape index (κ3) is 2.89.